The highest BCUT2D eigenvalue weighted by Gasteiger charge is 2.36. The first-order chi connectivity index (χ1) is 15.6. The van der Waals surface area contributed by atoms with E-state index < -0.39 is 11.2 Å². The summed E-state index contributed by atoms with van der Waals surface area (Å²) >= 11 is 0. The minimum absolute atomic E-state index is 0.0169. The van der Waals surface area contributed by atoms with Crippen LogP contribution in [-0.4, -0.2) is 33.8 Å². The lowest BCUT2D eigenvalue weighted by atomic mass is 9.91. The van der Waals surface area contributed by atoms with Crippen LogP contribution in [0.2, 0.25) is 0 Å². The van der Waals surface area contributed by atoms with Crippen molar-refractivity contribution in [1.82, 2.24) is 9.58 Å². The standard InChI is InChI=1S/C26H25N3O3/c30-22-15-17-28-24(25(22)31)26(32)27-16-9-2-1-4-10-19-11-7-8-14-21(19)23(29(28)18-27)20-12-5-3-6-13-20/h1-3,5-8,11-15,17,23,31H,4,9-10,16,18H2/b2-1-. The Bertz CT molecular complexity index is 1230. The lowest BCUT2D eigenvalue weighted by molar-refractivity contribution is 0.0683. The van der Waals surface area contributed by atoms with Gasteiger partial charge in [0.2, 0.25) is 5.43 Å². The summed E-state index contributed by atoms with van der Waals surface area (Å²) in [6, 6.07) is 19.6. The van der Waals surface area contributed by atoms with E-state index in [9.17, 15) is 14.7 Å². The molecule has 0 radical (unpaired) electrons. The van der Waals surface area contributed by atoms with Crippen molar-refractivity contribution in [2.24, 2.45) is 0 Å². The van der Waals surface area contributed by atoms with Gasteiger partial charge in [-0.15, -0.1) is 0 Å². The Kier molecular flexibility index (Phi) is 5.27. The van der Waals surface area contributed by atoms with Crippen molar-refractivity contribution in [3.63, 3.8) is 0 Å². The summed E-state index contributed by atoms with van der Waals surface area (Å²) in [5.74, 6) is -0.836. The molecule has 2 aliphatic rings. The fourth-order valence-corrected chi connectivity index (χ4v) is 4.65. The molecule has 6 nitrogen and oxygen atoms in total. The molecular formula is C26H25N3O3. The van der Waals surface area contributed by atoms with Gasteiger partial charge in [-0.25, -0.2) is 0 Å². The van der Waals surface area contributed by atoms with Crippen LogP contribution in [0.25, 0.3) is 0 Å². The number of allylic oxidation sites excluding steroid dienone is 1. The van der Waals surface area contributed by atoms with Crippen LogP contribution in [0.15, 0.2) is 83.8 Å². The van der Waals surface area contributed by atoms with Gasteiger partial charge in [-0.1, -0.05) is 66.7 Å². The zero-order valence-corrected chi connectivity index (χ0v) is 17.7. The monoisotopic (exact) mass is 427 g/mol. The number of aromatic hydroxyl groups is 1. The van der Waals surface area contributed by atoms with E-state index in [1.807, 2.05) is 24.3 Å². The Morgan fingerprint density at radius 2 is 1.62 bits per heavy atom. The second-order valence-electron chi connectivity index (χ2n) is 8.18. The molecule has 0 saturated carbocycles. The first kappa shape index (κ1) is 20.1. The van der Waals surface area contributed by atoms with E-state index in [1.165, 1.54) is 11.6 Å². The Morgan fingerprint density at radius 1 is 0.875 bits per heavy atom. The number of aromatic nitrogens is 1. The molecule has 3 heterocycles. The Labute approximate surface area is 186 Å². The zero-order chi connectivity index (χ0) is 22.1. The van der Waals surface area contributed by atoms with Gasteiger partial charge in [-0.05, 0) is 36.0 Å². The highest BCUT2D eigenvalue weighted by atomic mass is 16.3. The lowest BCUT2D eigenvalue weighted by Crippen LogP contribution is -2.55. The maximum atomic E-state index is 13.3. The number of hydrogen-bond donors (Lipinski definition) is 1. The smallest absolute Gasteiger partial charge is 0.277 e. The summed E-state index contributed by atoms with van der Waals surface area (Å²) in [5.41, 5.74) is 2.92. The molecule has 0 fully saturated rings. The molecule has 3 aromatic rings. The van der Waals surface area contributed by atoms with E-state index in [1.54, 1.807) is 15.8 Å². The minimum atomic E-state index is -0.552. The maximum absolute atomic E-state index is 13.3. The number of carbonyl (C=O) groups excluding carboxylic acids is 1. The van der Waals surface area contributed by atoms with Crippen molar-refractivity contribution in [2.45, 2.75) is 25.3 Å². The molecular weight excluding hydrogens is 402 g/mol. The molecule has 32 heavy (non-hydrogen) atoms. The molecule has 0 aliphatic carbocycles. The summed E-state index contributed by atoms with van der Waals surface area (Å²) in [6.07, 6.45) is 8.42. The predicted octanol–water partition coefficient (Wildman–Crippen LogP) is 3.59. The fourth-order valence-electron chi connectivity index (χ4n) is 4.65. The second-order valence-corrected chi connectivity index (χ2v) is 8.18. The van der Waals surface area contributed by atoms with Gasteiger partial charge in [0, 0.05) is 18.8 Å². The van der Waals surface area contributed by atoms with E-state index in [4.69, 9.17) is 0 Å². The van der Waals surface area contributed by atoms with E-state index in [0.717, 1.165) is 30.4 Å². The van der Waals surface area contributed by atoms with Gasteiger partial charge in [0.15, 0.2) is 11.4 Å². The molecule has 1 aromatic heterocycles. The number of rotatable bonds is 1. The van der Waals surface area contributed by atoms with Gasteiger partial charge in [0.05, 0.1) is 6.04 Å². The molecule has 162 valence electrons. The lowest BCUT2D eigenvalue weighted by Gasteiger charge is -2.44. The first-order valence-corrected chi connectivity index (χ1v) is 10.9. The molecule has 5 rings (SSSR count). The largest absolute Gasteiger partial charge is 0.502 e. The van der Waals surface area contributed by atoms with Crippen molar-refractivity contribution >= 4 is 5.91 Å². The van der Waals surface area contributed by atoms with Crippen LogP contribution in [0.4, 0.5) is 0 Å². The van der Waals surface area contributed by atoms with Gasteiger partial charge in [-0.2, -0.15) is 0 Å². The first-order valence-electron chi connectivity index (χ1n) is 10.9. The van der Waals surface area contributed by atoms with Crippen LogP contribution in [0.5, 0.6) is 5.75 Å². The number of nitrogens with zero attached hydrogens (tertiary/aromatic N) is 3. The van der Waals surface area contributed by atoms with Crippen molar-refractivity contribution in [3.8, 4) is 5.75 Å². The second kappa shape index (κ2) is 8.38. The summed E-state index contributed by atoms with van der Waals surface area (Å²) in [7, 11) is 0. The van der Waals surface area contributed by atoms with E-state index in [-0.39, 0.29) is 17.6 Å². The van der Waals surface area contributed by atoms with Crippen LogP contribution < -0.4 is 10.4 Å². The molecule has 1 amide bonds. The van der Waals surface area contributed by atoms with Gasteiger partial charge in [0.25, 0.3) is 5.91 Å². The molecule has 6 heteroatoms. The van der Waals surface area contributed by atoms with Crippen LogP contribution >= 0.6 is 0 Å². The molecule has 0 spiro atoms. The number of pyridine rings is 1. The van der Waals surface area contributed by atoms with Crippen molar-refractivity contribution in [3.05, 3.63) is 112 Å². The normalized spacial score (nSPS) is 19.4. The summed E-state index contributed by atoms with van der Waals surface area (Å²) < 4.78 is 1.66. The molecule has 0 saturated heterocycles. The van der Waals surface area contributed by atoms with Crippen molar-refractivity contribution < 1.29 is 9.90 Å². The van der Waals surface area contributed by atoms with Crippen molar-refractivity contribution in [1.29, 1.82) is 0 Å². The molecule has 2 aliphatic heterocycles. The van der Waals surface area contributed by atoms with Gasteiger partial charge < -0.3 is 10.0 Å². The Morgan fingerprint density at radius 3 is 2.47 bits per heavy atom. The van der Waals surface area contributed by atoms with E-state index >= 15 is 0 Å². The molecule has 1 unspecified atom stereocenters. The maximum Gasteiger partial charge on any atom is 0.277 e. The average Bonchev–Trinajstić information content (AvgIpc) is 2.81. The zero-order valence-electron chi connectivity index (χ0n) is 17.7. The third-order valence-electron chi connectivity index (χ3n) is 6.21. The molecule has 1 atom stereocenters. The number of fused-ring (bicyclic) bond motifs is 5. The molecule has 2 bridgehead atoms. The van der Waals surface area contributed by atoms with E-state index in [2.05, 4.69) is 47.5 Å². The Hall–Kier alpha value is -3.80. The van der Waals surface area contributed by atoms with Crippen LogP contribution in [0.3, 0.4) is 0 Å². The third kappa shape index (κ3) is 3.47. The highest BCUT2D eigenvalue weighted by molar-refractivity contribution is 5.96. The highest BCUT2D eigenvalue weighted by Crippen LogP contribution is 2.34. The van der Waals surface area contributed by atoms with E-state index in [0.29, 0.717) is 13.2 Å². The summed E-state index contributed by atoms with van der Waals surface area (Å²) in [4.78, 5) is 27.2. The minimum Gasteiger partial charge on any atom is -0.502 e. The number of carbonyl (C=O) groups is 1. The number of hydrogen-bond acceptors (Lipinski definition) is 4. The van der Waals surface area contributed by atoms with Crippen LogP contribution in [0.1, 0.15) is 46.1 Å². The number of amides is 1. The van der Waals surface area contributed by atoms with Crippen LogP contribution in [0, 0.1) is 0 Å². The molecule has 1 N–H and O–H groups in total. The average molecular weight is 428 g/mol. The van der Waals surface area contributed by atoms with Gasteiger partial charge in [0.1, 0.15) is 6.67 Å². The van der Waals surface area contributed by atoms with Gasteiger partial charge in [-0.3, -0.25) is 19.3 Å². The Balaban J connectivity index is 1.78. The predicted molar refractivity (Wildman–Crippen MR) is 123 cm³/mol. The van der Waals surface area contributed by atoms with Crippen LogP contribution in [-0.2, 0) is 6.42 Å². The van der Waals surface area contributed by atoms with Gasteiger partial charge >= 0.3 is 0 Å². The number of benzene rings is 2. The molecule has 2 aromatic carbocycles. The topological polar surface area (TPSA) is 65.8 Å². The number of aryl methyl sites for hydroxylation is 1. The van der Waals surface area contributed by atoms with Crippen molar-refractivity contribution in [2.75, 3.05) is 18.2 Å². The SMILES string of the molecule is O=C1c2c(O)c(=O)ccn2N2CN1CC/C=C\CCc1ccccc1C2c1ccccc1. The summed E-state index contributed by atoms with van der Waals surface area (Å²) in [6.45, 7) is 0.855. The quantitative estimate of drug-likeness (QED) is 0.603. The fraction of sp³-hybridized carbons (Fsp3) is 0.231. The summed E-state index contributed by atoms with van der Waals surface area (Å²) in [5, 5.41) is 12.7. The third-order valence-corrected chi connectivity index (χ3v) is 6.21.